The molecule has 5 nitrogen and oxygen atoms in total. The van der Waals surface area contributed by atoms with E-state index in [1.54, 1.807) is 11.3 Å². The Labute approximate surface area is 122 Å². The highest BCUT2D eigenvalue weighted by atomic mass is 32.1. The van der Waals surface area contributed by atoms with Crippen LogP contribution in [0.15, 0.2) is 6.07 Å². The summed E-state index contributed by atoms with van der Waals surface area (Å²) in [5, 5.41) is 4.49. The lowest BCUT2D eigenvalue weighted by Gasteiger charge is -2.22. The molecule has 0 aromatic carbocycles. The third-order valence-electron chi connectivity index (χ3n) is 3.18. The van der Waals surface area contributed by atoms with E-state index >= 15 is 0 Å². The Hall–Kier alpha value is -1.24. The topological polar surface area (TPSA) is 56.3 Å². The number of rotatable bonds is 4. The second kappa shape index (κ2) is 6.03. The molecule has 1 atom stereocenters. The lowest BCUT2D eigenvalue weighted by molar-refractivity contribution is -0.0933. The van der Waals surface area contributed by atoms with Crippen LogP contribution >= 0.6 is 11.3 Å². The maximum Gasteiger partial charge on any atom is 0.163 e. The van der Waals surface area contributed by atoms with Gasteiger partial charge in [-0.15, -0.1) is 11.3 Å². The number of nitrogens with one attached hydrogen (secondary N) is 1. The van der Waals surface area contributed by atoms with Crippen molar-refractivity contribution in [2.45, 2.75) is 26.4 Å². The van der Waals surface area contributed by atoms with Gasteiger partial charge < -0.3 is 14.8 Å². The van der Waals surface area contributed by atoms with E-state index in [1.807, 2.05) is 0 Å². The standard InChI is InChI=1S/C14H19N3O2S/c1-3-4-15-12-10-7-9(2)20-14(10)17-13(16-12)11-8-18-5-6-19-11/h7,11H,3-6,8H2,1-2H3,(H,15,16,17). The molecule has 2 aromatic rings. The highest BCUT2D eigenvalue weighted by molar-refractivity contribution is 7.18. The van der Waals surface area contributed by atoms with Crippen molar-refractivity contribution < 1.29 is 9.47 Å². The van der Waals surface area contributed by atoms with Crippen LogP contribution in [0, 0.1) is 6.92 Å². The molecule has 0 radical (unpaired) electrons. The Morgan fingerprint density at radius 2 is 2.30 bits per heavy atom. The summed E-state index contributed by atoms with van der Waals surface area (Å²) in [6, 6.07) is 2.14. The summed E-state index contributed by atoms with van der Waals surface area (Å²) in [4.78, 5) is 11.6. The van der Waals surface area contributed by atoms with Gasteiger partial charge in [0.1, 0.15) is 16.8 Å². The molecule has 1 aliphatic rings. The molecule has 1 aliphatic heterocycles. The number of aromatic nitrogens is 2. The van der Waals surface area contributed by atoms with Crippen molar-refractivity contribution in [2.24, 2.45) is 0 Å². The summed E-state index contributed by atoms with van der Waals surface area (Å²) in [5.41, 5.74) is 0. The summed E-state index contributed by atoms with van der Waals surface area (Å²) in [6.07, 6.45) is 0.908. The molecule has 0 spiro atoms. The summed E-state index contributed by atoms with van der Waals surface area (Å²) < 4.78 is 11.2. The minimum absolute atomic E-state index is 0.155. The van der Waals surface area contributed by atoms with Crippen LogP contribution in [-0.4, -0.2) is 36.3 Å². The van der Waals surface area contributed by atoms with Crippen LogP contribution in [0.3, 0.4) is 0 Å². The van der Waals surface area contributed by atoms with Crippen LogP contribution < -0.4 is 5.32 Å². The third kappa shape index (κ3) is 2.77. The molecule has 2 aromatic heterocycles. The number of aryl methyl sites for hydroxylation is 1. The molecule has 3 rings (SSSR count). The molecule has 1 fully saturated rings. The van der Waals surface area contributed by atoms with E-state index in [2.05, 4.69) is 35.2 Å². The summed E-state index contributed by atoms with van der Waals surface area (Å²) in [5.74, 6) is 1.63. The minimum atomic E-state index is -0.155. The molecular weight excluding hydrogens is 274 g/mol. The van der Waals surface area contributed by atoms with E-state index in [-0.39, 0.29) is 6.10 Å². The molecule has 1 saturated heterocycles. The fourth-order valence-corrected chi connectivity index (χ4v) is 3.10. The van der Waals surface area contributed by atoms with Crippen LogP contribution in [0.1, 0.15) is 30.2 Å². The highest BCUT2D eigenvalue weighted by Gasteiger charge is 2.21. The number of fused-ring (bicyclic) bond motifs is 1. The quantitative estimate of drug-likeness (QED) is 0.939. The van der Waals surface area contributed by atoms with Gasteiger partial charge in [0.05, 0.1) is 25.2 Å². The van der Waals surface area contributed by atoms with Gasteiger partial charge in [-0.3, -0.25) is 0 Å². The molecule has 0 saturated carbocycles. The van der Waals surface area contributed by atoms with Crippen LogP contribution in [0.25, 0.3) is 10.2 Å². The average Bonchev–Trinajstić information content (AvgIpc) is 2.86. The fraction of sp³-hybridized carbons (Fsp3) is 0.571. The largest absolute Gasteiger partial charge is 0.376 e. The first kappa shape index (κ1) is 13.7. The maximum atomic E-state index is 5.71. The van der Waals surface area contributed by atoms with Gasteiger partial charge in [-0.25, -0.2) is 9.97 Å². The van der Waals surface area contributed by atoms with Crippen molar-refractivity contribution >= 4 is 27.4 Å². The van der Waals surface area contributed by atoms with Crippen molar-refractivity contribution in [3.63, 3.8) is 0 Å². The lowest BCUT2D eigenvalue weighted by Crippen LogP contribution is -2.24. The monoisotopic (exact) mass is 293 g/mol. The van der Waals surface area contributed by atoms with Crippen molar-refractivity contribution in [3.05, 3.63) is 16.8 Å². The molecule has 0 bridgehead atoms. The molecule has 0 aliphatic carbocycles. The number of hydrogen-bond donors (Lipinski definition) is 1. The highest BCUT2D eigenvalue weighted by Crippen LogP contribution is 2.30. The van der Waals surface area contributed by atoms with E-state index in [0.717, 1.165) is 34.8 Å². The Morgan fingerprint density at radius 3 is 3.05 bits per heavy atom. The van der Waals surface area contributed by atoms with Gasteiger partial charge in [0.25, 0.3) is 0 Å². The van der Waals surface area contributed by atoms with Gasteiger partial charge in [0.2, 0.25) is 0 Å². The van der Waals surface area contributed by atoms with Crippen LogP contribution in [-0.2, 0) is 9.47 Å². The molecular formula is C14H19N3O2S. The maximum absolute atomic E-state index is 5.71. The molecule has 1 N–H and O–H groups in total. The first-order valence-corrected chi connectivity index (χ1v) is 7.81. The first-order valence-electron chi connectivity index (χ1n) is 6.99. The molecule has 1 unspecified atom stereocenters. The van der Waals surface area contributed by atoms with Gasteiger partial charge in [-0.1, -0.05) is 6.92 Å². The summed E-state index contributed by atoms with van der Waals surface area (Å²) in [7, 11) is 0. The molecule has 0 amide bonds. The number of hydrogen-bond acceptors (Lipinski definition) is 6. The normalized spacial score (nSPS) is 19.4. The molecule has 20 heavy (non-hydrogen) atoms. The lowest BCUT2D eigenvalue weighted by atomic mass is 10.3. The predicted octanol–water partition coefficient (Wildman–Crippen LogP) is 2.91. The van der Waals surface area contributed by atoms with E-state index in [1.165, 1.54) is 4.88 Å². The van der Waals surface area contributed by atoms with Crippen LogP contribution in [0.2, 0.25) is 0 Å². The van der Waals surface area contributed by atoms with E-state index in [9.17, 15) is 0 Å². The first-order chi connectivity index (χ1) is 9.78. The van der Waals surface area contributed by atoms with Gasteiger partial charge >= 0.3 is 0 Å². The van der Waals surface area contributed by atoms with Crippen LogP contribution in [0.5, 0.6) is 0 Å². The predicted molar refractivity (Wildman–Crippen MR) is 80.4 cm³/mol. The zero-order chi connectivity index (χ0) is 13.9. The Bertz CT molecular complexity index is 593. The van der Waals surface area contributed by atoms with Gasteiger partial charge in [0, 0.05) is 11.4 Å². The Balaban J connectivity index is 1.99. The number of nitrogens with zero attached hydrogens (tertiary/aromatic N) is 2. The number of anilines is 1. The van der Waals surface area contributed by atoms with Crippen molar-refractivity contribution in [1.29, 1.82) is 0 Å². The Morgan fingerprint density at radius 1 is 1.40 bits per heavy atom. The Kier molecular flexibility index (Phi) is 4.14. The van der Waals surface area contributed by atoms with Gasteiger partial charge in [-0.05, 0) is 19.4 Å². The van der Waals surface area contributed by atoms with Crippen molar-refractivity contribution in [2.75, 3.05) is 31.7 Å². The molecule has 108 valence electrons. The van der Waals surface area contributed by atoms with E-state index in [4.69, 9.17) is 9.47 Å². The minimum Gasteiger partial charge on any atom is -0.376 e. The second-order valence-corrected chi connectivity index (χ2v) is 6.10. The van der Waals surface area contributed by atoms with Crippen LogP contribution in [0.4, 0.5) is 5.82 Å². The van der Waals surface area contributed by atoms with Gasteiger partial charge in [0.15, 0.2) is 5.82 Å². The third-order valence-corrected chi connectivity index (χ3v) is 4.12. The summed E-state index contributed by atoms with van der Waals surface area (Å²) in [6.45, 7) is 6.93. The zero-order valence-electron chi connectivity index (χ0n) is 11.8. The van der Waals surface area contributed by atoms with E-state index < -0.39 is 0 Å². The fourth-order valence-electron chi connectivity index (χ4n) is 2.22. The van der Waals surface area contributed by atoms with Crippen molar-refractivity contribution in [3.8, 4) is 0 Å². The van der Waals surface area contributed by atoms with Gasteiger partial charge in [-0.2, -0.15) is 0 Å². The SMILES string of the molecule is CCCNc1nc(C2COCCO2)nc2sc(C)cc12. The van der Waals surface area contributed by atoms with E-state index in [0.29, 0.717) is 19.8 Å². The molecule has 3 heterocycles. The molecule has 6 heteroatoms. The second-order valence-electron chi connectivity index (χ2n) is 4.87. The summed E-state index contributed by atoms with van der Waals surface area (Å²) >= 11 is 1.69. The average molecular weight is 293 g/mol. The smallest absolute Gasteiger partial charge is 0.163 e. The van der Waals surface area contributed by atoms with Crippen molar-refractivity contribution in [1.82, 2.24) is 9.97 Å². The zero-order valence-corrected chi connectivity index (χ0v) is 12.6. The number of ether oxygens (including phenoxy) is 2. The number of thiophene rings is 1.